The van der Waals surface area contributed by atoms with Crippen molar-refractivity contribution >= 4 is 16.9 Å². The van der Waals surface area contributed by atoms with Crippen molar-refractivity contribution in [1.29, 1.82) is 0 Å². The van der Waals surface area contributed by atoms with Crippen LogP contribution in [0, 0.1) is 5.95 Å². The van der Waals surface area contributed by atoms with Crippen LogP contribution in [-0.2, 0) is 0 Å². The lowest BCUT2D eigenvalue weighted by molar-refractivity contribution is 0.584. The summed E-state index contributed by atoms with van der Waals surface area (Å²) in [6.45, 7) is 0. The second-order valence-electron chi connectivity index (χ2n) is 3.87. The number of aromatic nitrogens is 3. The van der Waals surface area contributed by atoms with E-state index in [1.54, 1.807) is 12.3 Å². The molecule has 0 radical (unpaired) electrons. The van der Waals surface area contributed by atoms with Crippen LogP contribution in [0.15, 0.2) is 42.7 Å². The van der Waals surface area contributed by atoms with Crippen molar-refractivity contribution in [2.45, 2.75) is 0 Å². The second kappa shape index (κ2) is 4.03. The van der Waals surface area contributed by atoms with E-state index in [4.69, 9.17) is 5.73 Å². The van der Waals surface area contributed by atoms with Gasteiger partial charge < -0.3 is 5.73 Å². The number of pyridine rings is 1. The number of benzene rings is 1. The summed E-state index contributed by atoms with van der Waals surface area (Å²) in [4.78, 5) is 11.7. The highest BCUT2D eigenvalue weighted by atomic mass is 19.1. The van der Waals surface area contributed by atoms with Crippen LogP contribution in [0.5, 0.6) is 0 Å². The molecule has 4 nitrogen and oxygen atoms in total. The van der Waals surface area contributed by atoms with Crippen LogP contribution in [0.25, 0.3) is 22.0 Å². The molecule has 0 spiro atoms. The quantitative estimate of drug-likeness (QED) is 0.663. The SMILES string of the molecule is Nc1ncc2cc(-c3ccc(F)nc3)ccc2n1. The molecule has 0 aliphatic rings. The lowest BCUT2D eigenvalue weighted by Gasteiger charge is -2.03. The molecule has 0 aliphatic carbocycles. The van der Waals surface area contributed by atoms with E-state index in [0.717, 1.165) is 22.0 Å². The van der Waals surface area contributed by atoms with Gasteiger partial charge in [0, 0.05) is 23.3 Å². The fraction of sp³-hybridized carbons (Fsp3) is 0. The Balaban J connectivity index is 2.13. The first-order valence-electron chi connectivity index (χ1n) is 5.36. The average Bonchev–Trinajstić information content (AvgIpc) is 2.39. The lowest BCUT2D eigenvalue weighted by Crippen LogP contribution is -1.94. The zero-order valence-corrected chi connectivity index (χ0v) is 9.34. The maximum atomic E-state index is 12.8. The van der Waals surface area contributed by atoms with Crippen molar-refractivity contribution in [1.82, 2.24) is 15.0 Å². The third-order valence-corrected chi connectivity index (χ3v) is 2.66. The number of nitrogens with zero attached hydrogens (tertiary/aromatic N) is 3. The largest absolute Gasteiger partial charge is 0.368 e. The van der Waals surface area contributed by atoms with E-state index >= 15 is 0 Å². The van der Waals surface area contributed by atoms with Gasteiger partial charge in [-0.2, -0.15) is 4.39 Å². The molecule has 5 heteroatoms. The summed E-state index contributed by atoms with van der Waals surface area (Å²) >= 11 is 0. The van der Waals surface area contributed by atoms with Gasteiger partial charge in [0.1, 0.15) is 0 Å². The van der Waals surface area contributed by atoms with Crippen LogP contribution in [0.1, 0.15) is 0 Å². The van der Waals surface area contributed by atoms with Crippen molar-refractivity contribution in [3.63, 3.8) is 0 Å². The molecule has 0 atom stereocenters. The zero-order chi connectivity index (χ0) is 12.5. The molecular weight excluding hydrogens is 231 g/mol. The monoisotopic (exact) mass is 240 g/mol. The molecule has 18 heavy (non-hydrogen) atoms. The minimum Gasteiger partial charge on any atom is -0.368 e. The number of rotatable bonds is 1. The number of anilines is 1. The zero-order valence-electron chi connectivity index (χ0n) is 9.34. The maximum Gasteiger partial charge on any atom is 0.220 e. The molecule has 0 saturated heterocycles. The molecule has 88 valence electrons. The standard InChI is InChI=1S/C13H9FN4/c14-12-4-2-9(6-16-12)8-1-3-11-10(5-8)7-17-13(15)18-11/h1-7H,(H2,15,17,18). The molecule has 0 unspecified atom stereocenters. The van der Waals surface area contributed by atoms with Crippen molar-refractivity contribution in [2.24, 2.45) is 0 Å². The van der Waals surface area contributed by atoms with E-state index in [1.807, 2.05) is 18.2 Å². The fourth-order valence-corrected chi connectivity index (χ4v) is 1.77. The van der Waals surface area contributed by atoms with Crippen molar-refractivity contribution in [2.75, 3.05) is 5.73 Å². The minimum absolute atomic E-state index is 0.249. The Morgan fingerprint density at radius 1 is 0.944 bits per heavy atom. The molecule has 0 saturated carbocycles. The fourth-order valence-electron chi connectivity index (χ4n) is 1.77. The summed E-state index contributed by atoms with van der Waals surface area (Å²) in [6.07, 6.45) is 3.16. The summed E-state index contributed by atoms with van der Waals surface area (Å²) in [6, 6.07) is 8.68. The highest BCUT2D eigenvalue weighted by Crippen LogP contribution is 2.22. The highest BCUT2D eigenvalue weighted by molar-refractivity contribution is 5.84. The van der Waals surface area contributed by atoms with Crippen LogP contribution in [-0.4, -0.2) is 15.0 Å². The third kappa shape index (κ3) is 1.86. The van der Waals surface area contributed by atoms with Crippen LogP contribution >= 0.6 is 0 Å². The molecule has 2 heterocycles. The Bertz CT molecular complexity index is 710. The number of hydrogen-bond acceptors (Lipinski definition) is 4. The number of nitrogen functional groups attached to an aromatic ring is 1. The number of hydrogen-bond donors (Lipinski definition) is 1. The van der Waals surface area contributed by atoms with Gasteiger partial charge in [0.25, 0.3) is 0 Å². The minimum atomic E-state index is -0.490. The van der Waals surface area contributed by atoms with Crippen LogP contribution in [0.3, 0.4) is 0 Å². The molecule has 2 N–H and O–H groups in total. The summed E-state index contributed by atoms with van der Waals surface area (Å²) in [7, 11) is 0. The molecule has 0 fully saturated rings. The van der Waals surface area contributed by atoms with Crippen LogP contribution in [0.4, 0.5) is 10.3 Å². The number of nitrogens with two attached hydrogens (primary N) is 1. The van der Waals surface area contributed by atoms with Gasteiger partial charge in [0.2, 0.25) is 11.9 Å². The van der Waals surface area contributed by atoms with Crippen LogP contribution < -0.4 is 5.73 Å². The van der Waals surface area contributed by atoms with Crippen LogP contribution in [0.2, 0.25) is 0 Å². The second-order valence-corrected chi connectivity index (χ2v) is 3.87. The number of halogens is 1. The molecule has 0 aliphatic heterocycles. The van der Waals surface area contributed by atoms with Crippen molar-refractivity contribution in [3.05, 3.63) is 48.7 Å². The first-order chi connectivity index (χ1) is 8.72. The van der Waals surface area contributed by atoms with Gasteiger partial charge in [-0.05, 0) is 29.8 Å². The summed E-state index contributed by atoms with van der Waals surface area (Å²) < 4.78 is 12.8. The predicted octanol–water partition coefficient (Wildman–Crippen LogP) is 2.41. The molecule has 3 aromatic rings. The highest BCUT2D eigenvalue weighted by Gasteiger charge is 2.02. The average molecular weight is 240 g/mol. The van der Waals surface area contributed by atoms with E-state index < -0.39 is 5.95 Å². The van der Waals surface area contributed by atoms with Crippen molar-refractivity contribution in [3.8, 4) is 11.1 Å². The molecule has 0 bridgehead atoms. The van der Waals surface area contributed by atoms with Crippen molar-refractivity contribution < 1.29 is 4.39 Å². The van der Waals surface area contributed by atoms with E-state index in [1.165, 1.54) is 12.3 Å². The van der Waals surface area contributed by atoms with E-state index in [9.17, 15) is 4.39 Å². The van der Waals surface area contributed by atoms with Gasteiger partial charge in [0.05, 0.1) is 5.52 Å². The lowest BCUT2D eigenvalue weighted by atomic mass is 10.1. The first kappa shape index (κ1) is 10.6. The molecule has 3 rings (SSSR count). The summed E-state index contributed by atoms with van der Waals surface area (Å²) in [5.41, 5.74) is 8.07. The van der Waals surface area contributed by atoms with E-state index in [-0.39, 0.29) is 5.95 Å². The predicted molar refractivity (Wildman–Crippen MR) is 67.1 cm³/mol. The van der Waals surface area contributed by atoms with Gasteiger partial charge in [0.15, 0.2) is 0 Å². The first-order valence-corrected chi connectivity index (χ1v) is 5.36. The third-order valence-electron chi connectivity index (χ3n) is 2.66. The Hall–Kier alpha value is -2.56. The Kier molecular flexibility index (Phi) is 2.37. The normalized spacial score (nSPS) is 10.7. The summed E-state index contributed by atoms with van der Waals surface area (Å²) in [5, 5.41) is 0.881. The molecular formula is C13H9FN4. The van der Waals surface area contributed by atoms with E-state index in [2.05, 4.69) is 15.0 Å². The summed E-state index contributed by atoms with van der Waals surface area (Å²) in [5.74, 6) is -0.241. The van der Waals surface area contributed by atoms with E-state index in [0.29, 0.717) is 0 Å². The Morgan fingerprint density at radius 2 is 1.78 bits per heavy atom. The van der Waals surface area contributed by atoms with Gasteiger partial charge in [-0.1, -0.05) is 6.07 Å². The number of fused-ring (bicyclic) bond motifs is 1. The molecule has 0 amide bonds. The van der Waals surface area contributed by atoms with Gasteiger partial charge in [-0.25, -0.2) is 15.0 Å². The molecule has 2 aromatic heterocycles. The van der Waals surface area contributed by atoms with Gasteiger partial charge in [-0.3, -0.25) is 0 Å². The smallest absolute Gasteiger partial charge is 0.220 e. The topological polar surface area (TPSA) is 64.7 Å². The maximum absolute atomic E-state index is 12.8. The van der Waals surface area contributed by atoms with Gasteiger partial charge in [-0.15, -0.1) is 0 Å². The van der Waals surface area contributed by atoms with Gasteiger partial charge >= 0.3 is 0 Å². The Morgan fingerprint density at radius 3 is 2.56 bits per heavy atom. The Labute approximate surface area is 102 Å². The molecule has 1 aromatic carbocycles.